The Morgan fingerprint density at radius 3 is 2.64 bits per heavy atom. The third kappa shape index (κ3) is 11.4. The van der Waals surface area contributed by atoms with Crippen molar-refractivity contribution in [1.82, 2.24) is 15.5 Å². The van der Waals surface area contributed by atoms with Crippen LogP contribution < -0.4 is 15.4 Å². The fourth-order valence-corrected chi connectivity index (χ4v) is 2.50. The number of benzene rings is 1. The molecule has 1 amide bonds. The molecule has 0 fully saturated rings. The van der Waals surface area contributed by atoms with Crippen molar-refractivity contribution in [2.24, 2.45) is 4.99 Å². The molecular formula is C21H37IN4O2. The van der Waals surface area contributed by atoms with E-state index in [1.165, 1.54) is 24.2 Å². The molecule has 2 N–H and O–H groups in total. The van der Waals surface area contributed by atoms with Crippen LogP contribution in [0.15, 0.2) is 29.3 Å². The zero-order valence-corrected chi connectivity index (χ0v) is 20.3. The maximum absolute atomic E-state index is 11.6. The number of ether oxygens (including phenoxy) is 1. The molecule has 0 aliphatic heterocycles. The first-order chi connectivity index (χ1) is 13.0. The zero-order valence-electron chi connectivity index (χ0n) is 18.0. The number of amides is 1. The van der Waals surface area contributed by atoms with Crippen molar-refractivity contribution in [2.45, 2.75) is 59.0 Å². The molecule has 7 heteroatoms. The molecule has 0 aromatic heterocycles. The number of halogens is 1. The number of nitrogens with one attached hydrogen (secondary N) is 2. The van der Waals surface area contributed by atoms with Crippen LogP contribution in [0.5, 0.6) is 5.75 Å². The second-order valence-corrected chi connectivity index (χ2v) is 6.96. The number of carbonyl (C=O) groups is 1. The molecule has 0 bridgehead atoms. The Labute approximate surface area is 187 Å². The highest BCUT2D eigenvalue weighted by atomic mass is 127. The molecule has 1 unspecified atom stereocenters. The largest absolute Gasteiger partial charge is 0.484 e. The molecule has 0 saturated carbocycles. The summed E-state index contributed by atoms with van der Waals surface area (Å²) in [5.74, 6) is 1.45. The number of nitrogens with zero attached hydrogens (tertiary/aromatic N) is 2. The van der Waals surface area contributed by atoms with E-state index in [0.717, 1.165) is 24.5 Å². The molecule has 1 rings (SSSR count). The molecule has 0 heterocycles. The third-order valence-electron chi connectivity index (χ3n) is 4.15. The van der Waals surface area contributed by atoms with Gasteiger partial charge in [-0.2, -0.15) is 0 Å². The van der Waals surface area contributed by atoms with E-state index < -0.39 is 0 Å². The Bertz CT molecular complexity index is 594. The monoisotopic (exact) mass is 504 g/mol. The van der Waals surface area contributed by atoms with Gasteiger partial charge in [-0.05, 0) is 38.0 Å². The molecule has 1 atom stereocenters. The van der Waals surface area contributed by atoms with E-state index in [0.29, 0.717) is 18.3 Å². The minimum absolute atomic E-state index is 0. The van der Waals surface area contributed by atoms with Crippen LogP contribution in [0.1, 0.15) is 52.0 Å². The minimum atomic E-state index is -0.0610. The van der Waals surface area contributed by atoms with Gasteiger partial charge in [0.25, 0.3) is 5.91 Å². The molecule has 0 aliphatic carbocycles. The van der Waals surface area contributed by atoms with Gasteiger partial charge >= 0.3 is 0 Å². The van der Waals surface area contributed by atoms with Crippen LogP contribution in [0.2, 0.25) is 0 Å². The highest BCUT2D eigenvalue weighted by molar-refractivity contribution is 14.0. The Balaban J connectivity index is 0.00000729. The van der Waals surface area contributed by atoms with Crippen LogP contribution in [0.4, 0.5) is 0 Å². The van der Waals surface area contributed by atoms with Gasteiger partial charge in [0.05, 0.1) is 6.54 Å². The van der Waals surface area contributed by atoms with Gasteiger partial charge in [0.1, 0.15) is 5.75 Å². The van der Waals surface area contributed by atoms with Crippen LogP contribution in [-0.2, 0) is 11.3 Å². The smallest absolute Gasteiger partial charge is 0.259 e. The lowest BCUT2D eigenvalue weighted by Gasteiger charge is -2.17. The molecule has 0 aliphatic rings. The number of carbonyl (C=O) groups excluding carboxylic acids is 1. The zero-order chi connectivity index (χ0) is 20.1. The van der Waals surface area contributed by atoms with Crippen molar-refractivity contribution in [3.05, 3.63) is 29.8 Å². The molecule has 28 heavy (non-hydrogen) atoms. The van der Waals surface area contributed by atoms with Gasteiger partial charge in [-0.3, -0.25) is 4.79 Å². The first-order valence-corrected chi connectivity index (χ1v) is 9.93. The van der Waals surface area contributed by atoms with Gasteiger partial charge in [-0.1, -0.05) is 38.3 Å². The topological polar surface area (TPSA) is 66.0 Å². The minimum Gasteiger partial charge on any atom is -0.484 e. The van der Waals surface area contributed by atoms with Gasteiger partial charge < -0.3 is 20.3 Å². The summed E-state index contributed by atoms with van der Waals surface area (Å²) in [6.45, 7) is 7.89. The van der Waals surface area contributed by atoms with E-state index in [9.17, 15) is 4.79 Å². The van der Waals surface area contributed by atoms with E-state index >= 15 is 0 Å². The van der Waals surface area contributed by atoms with E-state index in [-0.39, 0.29) is 36.5 Å². The lowest BCUT2D eigenvalue weighted by atomic mass is 10.1. The third-order valence-corrected chi connectivity index (χ3v) is 4.15. The standard InChI is InChI=1S/C21H36N4O2.HI/c1-6-8-9-11-17(3)24-21(22-7-2)23-15-18-12-10-13-19(14-18)27-16-20(26)25(4)5;/h10,12-14,17H,6-9,11,15-16H2,1-5H3,(H2,22,23,24);1H. The lowest BCUT2D eigenvalue weighted by molar-refractivity contribution is -0.130. The van der Waals surface area contributed by atoms with Crippen molar-refractivity contribution >= 4 is 35.8 Å². The lowest BCUT2D eigenvalue weighted by Crippen LogP contribution is -2.42. The number of unbranched alkanes of at least 4 members (excludes halogenated alkanes) is 2. The molecular weight excluding hydrogens is 467 g/mol. The highest BCUT2D eigenvalue weighted by Crippen LogP contribution is 2.14. The molecule has 6 nitrogen and oxygen atoms in total. The van der Waals surface area contributed by atoms with Gasteiger partial charge in [0.2, 0.25) is 0 Å². The van der Waals surface area contributed by atoms with E-state index in [2.05, 4.69) is 36.4 Å². The van der Waals surface area contributed by atoms with Gasteiger partial charge in [0.15, 0.2) is 12.6 Å². The van der Waals surface area contributed by atoms with E-state index in [1.807, 2.05) is 24.3 Å². The fourth-order valence-electron chi connectivity index (χ4n) is 2.50. The number of aliphatic imine (C=N–C) groups is 1. The first kappa shape index (κ1) is 26.5. The Kier molecular flexibility index (Phi) is 14.6. The van der Waals surface area contributed by atoms with Crippen LogP contribution in [-0.4, -0.2) is 50.1 Å². The number of likely N-dealkylation sites (N-methyl/N-ethyl adjacent to an activating group) is 1. The highest BCUT2D eigenvalue weighted by Gasteiger charge is 2.07. The molecule has 0 spiro atoms. The Hall–Kier alpha value is -1.51. The first-order valence-electron chi connectivity index (χ1n) is 9.93. The summed E-state index contributed by atoms with van der Waals surface area (Å²) in [4.78, 5) is 17.8. The van der Waals surface area contributed by atoms with Crippen LogP contribution in [0, 0.1) is 0 Å². The van der Waals surface area contributed by atoms with Crippen molar-refractivity contribution in [1.29, 1.82) is 0 Å². The predicted octanol–water partition coefficient (Wildman–Crippen LogP) is 3.80. The van der Waals surface area contributed by atoms with Crippen LogP contribution >= 0.6 is 24.0 Å². The number of rotatable bonds is 11. The second kappa shape index (κ2) is 15.4. The van der Waals surface area contributed by atoms with Crippen molar-refractivity contribution < 1.29 is 9.53 Å². The van der Waals surface area contributed by atoms with Gasteiger partial charge in [-0.25, -0.2) is 4.99 Å². The maximum Gasteiger partial charge on any atom is 0.259 e. The van der Waals surface area contributed by atoms with Crippen LogP contribution in [0.3, 0.4) is 0 Å². The predicted molar refractivity (Wildman–Crippen MR) is 128 cm³/mol. The number of guanidine groups is 1. The fraction of sp³-hybridized carbons (Fsp3) is 0.619. The molecule has 0 radical (unpaired) electrons. The Morgan fingerprint density at radius 1 is 1.25 bits per heavy atom. The van der Waals surface area contributed by atoms with E-state index in [1.54, 1.807) is 14.1 Å². The SMILES string of the molecule is CCCCCC(C)NC(=NCc1cccc(OCC(=O)N(C)C)c1)NCC.I. The van der Waals surface area contributed by atoms with Crippen LogP contribution in [0.25, 0.3) is 0 Å². The Morgan fingerprint density at radius 2 is 2.00 bits per heavy atom. The summed E-state index contributed by atoms with van der Waals surface area (Å²) in [7, 11) is 3.44. The normalized spacial score (nSPS) is 12.0. The number of hydrogen-bond donors (Lipinski definition) is 2. The molecule has 1 aromatic rings. The van der Waals surface area contributed by atoms with Gasteiger partial charge in [0, 0.05) is 26.7 Å². The maximum atomic E-state index is 11.6. The van der Waals surface area contributed by atoms with Crippen molar-refractivity contribution in [3.8, 4) is 5.75 Å². The second-order valence-electron chi connectivity index (χ2n) is 6.96. The summed E-state index contributed by atoms with van der Waals surface area (Å²) >= 11 is 0. The average molecular weight is 504 g/mol. The molecule has 160 valence electrons. The van der Waals surface area contributed by atoms with Crippen molar-refractivity contribution in [3.63, 3.8) is 0 Å². The number of hydrogen-bond acceptors (Lipinski definition) is 3. The summed E-state index contributed by atoms with van der Waals surface area (Å²) < 4.78 is 5.57. The van der Waals surface area contributed by atoms with Crippen molar-refractivity contribution in [2.75, 3.05) is 27.2 Å². The summed E-state index contributed by atoms with van der Waals surface area (Å²) in [6.07, 6.45) is 4.87. The summed E-state index contributed by atoms with van der Waals surface area (Å²) in [5.41, 5.74) is 1.04. The summed E-state index contributed by atoms with van der Waals surface area (Å²) in [6, 6.07) is 8.11. The summed E-state index contributed by atoms with van der Waals surface area (Å²) in [5, 5.41) is 6.77. The average Bonchev–Trinajstić information content (AvgIpc) is 2.65. The molecule has 1 aromatic carbocycles. The molecule has 0 saturated heterocycles. The quantitative estimate of drug-likeness (QED) is 0.208. The van der Waals surface area contributed by atoms with Gasteiger partial charge in [-0.15, -0.1) is 24.0 Å². The van der Waals surface area contributed by atoms with E-state index in [4.69, 9.17) is 4.74 Å².